The van der Waals surface area contributed by atoms with Crippen LogP contribution in [0.4, 0.5) is 0 Å². The van der Waals surface area contributed by atoms with Crippen LogP contribution in [0.3, 0.4) is 0 Å². The van der Waals surface area contributed by atoms with Crippen molar-refractivity contribution in [2.45, 2.75) is 26.3 Å². The molecule has 8 heteroatoms. The summed E-state index contributed by atoms with van der Waals surface area (Å²) < 4.78 is 11.1. The number of nitrogens with zero attached hydrogens (tertiary/aromatic N) is 1. The molecule has 36 heavy (non-hydrogen) atoms. The molecule has 2 aromatic rings. The van der Waals surface area contributed by atoms with Crippen molar-refractivity contribution in [3.63, 3.8) is 0 Å². The number of hydrogen-bond donors (Lipinski definition) is 2. The van der Waals surface area contributed by atoms with E-state index in [4.69, 9.17) is 9.47 Å². The summed E-state index contributed by atoms with van der Waals surface area (Å²) in [6, 6.07) is 12.2. The predicted molar refractivity (Wildman–Crippen MR) is 132 cm³/mol. The van der Waals surface area contributed by atoms with Gasteiger partial charge in [0.05, 0.1) is 32.4 Å². The molecule has 192 valence electrons. The van der Waals surface area contributed by atoms with Gasteiger partial charge in [-0.1, -0.05) is 43.9 Å². The molecule has 0 saturated carbocycles. The molecule has 1 atom stereocenters. The first-order chi connectivity index (χ1) is 17.3. The van der Waals surface area contributed by atoms with Gasteiger partial charge in [0, 0.05) is 18.5 Å². The van der Waals surface area contributed by atoms with Crippen molar-refractivity contribution < 1.29 is 34.2 Å². The van der Waals surface area contributed by atoms with Crippen LogP contribution in [-0.2, 0) is 14.3 Å². The lowest BCUT2D eigenvalue weighted by atomic mass is 9.95. The monoisotopic (exact) mass is 494 g/mol. The fraction of sp³-hybridized carbons (Fsp3) is 0.429. The second-order valence-electron chi connectivity index (χ2n) is 9.76. The number of carbonyl (C=O) groups is 2. The van der Waals surface area contributed by atoms with E-state index in [9.17, 15) is 19.8 Å². The lowest BCUT2D eigenvalue weighted by molar-refractivity contribution is -0.908. The van der Waals surface area contributed by atoms with Crippen LogP contribution in [0.1, 0.15) is 37.4 Å². The second-order valence-corrected chi connectivity index (χ2v) is 9.76. The number of amides is 1. The molecule has 0 bridgehead atoms. The van der Waals surface area contributed by atoms with Gasteiger partial charge in [0.1, 0.15) is 24.6 Å². The minimum atomic E-state index is -0.797. The molecule has 2 aliphatic heterocycles. The maximum atomic E-state index is 13.6. The van der Waals surface area contributed by atoms with E-state index in [0.717, 1.165) is 32.8 Å². The van der Waals surface area contributed by atoms with Gasteiger partial charge < -0.3 is 29.5 Å². The Morgan fingerprint density at radius 1 is 1.11 bits per heavy atom. The van der Waals surface area contributed by atoms with Crippen molar-refractivity contribution >= 4 is 17.4 Å². The first kappa shape index (κ1) is 25.7. The number of rotatable bonds is 9. The van der Waals surface area contributed by atoms with Gasteiger partial charge in [0.25, 0.3) is 5.91 Å². The fourth-order valence-electron chi connectivity index (χ4n) is 4.63. The highest BCUT2D eigenvalue weighted by molar-refractivity contribution is 6.46. The van der Waals surface area contributed by atoms with Gasteiger partial charge in [0.15, 0.2) is 0 Å². The van der Waals surface area contributed by atoms with Gasteiger partial charge in [-0.2, -0.15) is 0 Å². The molecule has 0 aliphatic carbocycles. The minimum Gasteiger partial charge on any atom is -0.872 e. The number of morpholine rings is 1. The molecule has 2 fully saturated rings. The number of nitrogens with one attached hydrogen (secondary N) is 1. The van der Waals surface area contributed by atoms with Crippen LogP contribution in [0.2, 0.25) is 0 Å². The molecule has 2 aromatic carbocycles. The van der Waals surface area contributed by atoms with Crippen LogP contribution >= 0.6 is 0 Å². The number of likely N-dealkylation sites (tertiary alicyclic amines) is 1. The summed E-state index contributed by atoms with van der Waals surface area (Å²) in [5.41, 5.74) is 0.887. The zero-order chi connectivity index (χ0) is 25.7. The summed E-state index contributed by atoms with van der Waals surface area (Å²) in [7, 11) is 0. The largest absolute Gasteiger partial charge is 0.872 e. The highest BCUT2D eigenvalue weighted by Crippen LogP contribution is 2.39. The number of phenolic OH excluding ortho intramolecular Hbond substituents is 1. The number of ketones is 1. The maximum Gasteiger partial charge on any atom is 0.295 e. The highest BCUT2D eigenvalue weighted by atomic mass is 16.5. The van der Waals surface area contributed by atoms with Crippen LogP contribution in [0.25, 0.3) is 5.76 Å². The highest BCUT2D eigenvalue weighted by Gasteiger charge is 2.44. The Hall–Kier alpha value is -3.36. The Morgan fingerprint density at radius 2 is 1.78 bits per heavy atom. The summed E-state index contributed by atoms with van der Waals surface area (Å²) in [6.45, 7) is 9.15. The third-order valence-corrected chi connectivity index (χ3v) is 6.57. The Kier molecular flexibility index (Phi) is 8.28. The van der Waals surface area contributed by atoms with Crippen LogP contribution in [0.15, 0.2) is 54.1 Å². The molecule has 2 aliphatic rings. The summed E-state index contributed by atoms with van der Waals surface area (Å²) in [5.74, 6) is -0.820. The van der Waals surface area contributed by atoms with Gasteiger partial charge in [0.2, 0.25) is 5.78 Å². The first-order valence-electron chi connectivity index (χ1n) is 12.5. The molecule has 2 saturated heterocycles. The normalized spacial score (nSPS) is 20.3. The molecule has 2 N–H and O–H groups in total. The number of quaternary nitrogens is 1. The number of phenols is 1. The van der Waals surface area contributed by atoms with E-state index in [0.29, 0.717) is 42.4 Å². The van der Waals surface area contributed by atoms with Gasteiger partial charge in [-0.25, -0.2) is 0 Å². The third-order valence-electron chi connectivity index (χ3n) is 6.57. The molecule has 0 aromatic heterocycles. The molecule has 4 rings (SSSR count). The molecule has 1 unspecified atom stereocenters. The van der Waals surface area contributed by atoms with Crippen molar-refractivity contribution in [1.82, 2.24) is 4.90 Å². The molecule has 2 heterocycles. The van der Waals surface area contributed by atoms with E-state index in [1.165, 1.54) is 21.9 Å². The Morgan fingerprint density at radius 3 is 2.42 bits per heavy atom. The topological polar surface area (TPSA) is 104 Å². The van der Waals surface area contributed by atoms with Crippen molar-refractivity contribution in [2.24, 2.45) is 5.92 Å². The summed E-state index contributed by atoms with van der Waals surface area (Å²) in [6.07, 6.45) is 0.701. The van der Waals surface area contributed by atoms with Crippen molar-refractivity contribution in [3.05, 3.63) is 65.2 Å². The van der Waals surface area contributed by atoms with E-state index in [-0.39, 0.29) is 11.3 Å². The standard InChI is InChI=1S/C28H34N2O6/c1-19(2)18-36-23-10-6-21(7-11-23)26(32)24-25(20-4-8-22(31)9-5-20)30(28(34)27(24)33)13-3-12-29-14-16-35-17-15-29/h4-11,19,25,31-32H,3,12-18H2,1-2H3. The minimum absolute atomic E-state index is 0.0553. The Balaban J connectivity index is 1.61. The number of Topliss-reactive ketones (excluding diaryl/α,β-unsaturated/α-hetero) is 1. The van der Waals surface area contributed by atoms with Crippen molar-refractivity contribution in [2.75, 3.05) is 46.0 Å². The van der Waals surface area contributed by atoms with E-state index >= 15 is 0 Å². The van der Waals surface area contributed by atoms with Crippen LogP contribution < -0.4 is 14.7 Å². The van der Waals surface area contributed by atoms with E-state index in [2.05, 4.69) is 13.8 Å². The molecule has 0 radical (unpaired) electrons. The van der Waals surface area contributed by atoms with Gasteiger partial charge in [-0.3, -0.25) is 9.59 Å². The average Bonchev–Trinajstić information content (AvgIpc) is 3.13. The van der Waals surface area contributed by atoms with Crippen molar-refractivity contribution in [3.8, 4) is 11.5 Å². The Labute approximate surface area is 211 Å². The van der Waals surface area contributed by atoms with Crippen LogP contribution in [0.5, 0.6) is 11.5 Å². The van der Waals surface area contributed by atoms with Crippen LogP contribution in [-0.4, -0.2) is 67.7 Å². The molecular formula is C28H34N2O6. The summed E-state index contributed by atoms with van der Waals surface area (Å²) >= 11 is 0. The number of benzene rings is 2. The summed E-state index contributed by atoms with van der Waals surface area (Å²) in [4.78, 5) is 29.1. The SMILES string of the molecule is CC(C)COc1ccc(C([O-])=C2C(=O)C(=O)N(CCC[NH+]3CCOCC3)C2c2ccc(O)cc2)cc1. The zero-order valence-electron chi connectivity index (χ0n) is 20.9. The van der Waals surface area contributed by atoms with Gasteiger partial charge in [-0.15, -0.1) is 0 Å². The van der Waals surface area contributed by atoms with Gasteiger partial charge >= 0.3 is 0 Å². The smallest absolute Gasteiger partial charge is 0.295 e. The molecule has 8 nitrogen and oxygen atoms in total. The predicted octanol–water partition coefficient (Wildman–Crippen LogP) is 0.956. The number of carbonyl (C=O) groups excluding carboxylic acids is 2. The van der Waals surface area contributed by atoms with Crippen LogP contribution in [0, 0.1) is 5.92 Å². The lowest BCUT2D eigenvalue weighted by Gasteiger charge is -2.29. The number of ether oxygens (including phenoxy) is 2. The summed E-state index contributed by atoms with van der Waals surface area (Å²) in [5, 5.41) is 23.3. The first-order valence-corrected chi connectivity index (χ1v) is 12.5. The molecular weight excluding hydrogens is 460 g/mol. The molecule has 0 spiro atoms. The van der Waals surface area contributed by atoms with Gasteiger partial charge in [-0.05, 0) is 41.3 Å². The number of hydrogen-bond acceptors (Lipinski definition) is 6. The van der Waals surface area contributed by atoms with E-state index in [1.54, 1.807) is 36.4 Å². The fourth-order valence-corrected chi connectivity index (χ4v) is 4.63. The lowest BCUT2D eigenvalue weighted by Crippen LogP contribution is -3.14. The number of aromatic hydroxyl groups is 1. The average molecular weight is 495 g/mol. The van der Waals surface area contributed by atoms with E-state index in [1.807, 2.05) is 0 Å². The zero-order valence-corrected chi connectivity index (χ0v) is 20.9. The maximum absolute atomic E-state index is 13.6. The molecule has 1 amide bonds. The third kappa shape index (κ3) is 5.88. The van der Waals surface area contributed by atoms with Crippen molar-refractivity contribution in [1.29, 1.82) is 0 Å². The Bertz CT molecular complexity index is 1090. The van der Waals surface area contributed by atoms with E-state index < -0.39 is 23.5 Å². The second kappa shape index (κ2) is 11.6. The quantitative estimate of drug-likeness (QED) is 0.306.